The highest BCUT2D eigenvalue weighted by atomic mass is 16.5. The molecule has 6 nitrogen and oxygen atoms in total. The lowest BCUT2D eigenvalue weighted by Crippen LogP contribution is -2.10. The van der Waals surface area contributed by atoms with E-state index >= 15 is 0 Å². The van der Waals surface area contributed by atoms with Gasteiger partial charge in [0, 0.05) is 0 Å². The van der Waals surface area contributed by atoms with Gasteiger partial charge >= 0.3 is 5.97 Å². The van der Waals surface area contributed by atoms with Crippen LogP contribution in [-0.2, 0) is 4.74 Å². The second kappa shape index (κ2) is 6.58. The van der Waals surface area contributed by atoms with Gasteiger partial charge in [0.25, 0.3) is 0 Å². The molecule has 0 saturated heterocycles. The van der Waals surface area contributed by atoms with Gasteiger partial charge in [-0.2, -0.15) is 15.8 Å². The van der Waals surface area contributed by atoms with Crippen molar-refractivity contribution in [2.45, 2.75) is 6.92 Å². The number of ether oxygens (including phenoxy) is 1. The van der Waals surface area contributed by atoms with Crippen LogP contribution in [-0.4, -0.2) is 13.1 Å². The van der Waals surface area contributed by atoms with Crippen molar-refractivity contribution >= 4 is 11.7 Å². The van der Waals surface area contributed by atoms with E-state index in [0.717, 1.165) is 0 Å². The summed E-state index contributed by atoms with van der Waals surface area (Å²) in [5, 5.41) is 29.2. The number of esters is 1. The predicted octanol–water partition coefficient (Wildman–Crippen LogP) is 2.02. The van der Waals surface area contributed by atoms with Gasteiger partial charge in [0.15, 0.2) is 5.57 Å². The summed E-state index contributed by atoms with van der Waals surface area (Å²) in [5.41, 5.74) is 0.659. The van der Waals surface area contributed by atoms with Gasteiger partial charge in [0.05, 0.1) is 18.4 Å². The summed E-state index contributed by atoms with van der Waals surface area (Å²) in [6.45, 7) is 1.72. The molecule has 1 rings (SSSR count). The molecule has 1 N–H and O–H groups in total. The molecule has 0 bridgehead atoms. The monoisotopic (exact) mass is 266 g/mol. The minimum absolute atomic E-state index is 0.213. The van der Waals surface area contributed by atoms with Crippen LogP contribution in [0.4, 0.5) is 5.69 Å². The number of benzene rings is 1. The molecule has 98 valence electrons. The highest BCUT2D eigenvalue weighted by Crippen LogP contribution is 2.23. The largest absolute Gasteiger partial charge is 0.465 e. The quantitative estimate of drug-likeness (QED) is 0.662. The first-order valence-corrected chi connectivity index (χ1v) is 5.48. The predicted molar refractivity (Wildman–Crippen MR) is 70.0 cm³/mol. The van der Waals surface area contributed by atoms with Crippen LogP contribution in [0.25, 0.3) is 0 Å². The second-order valence-electron chi connectivity index (χ2n) is 3.70. The van der Waals surface area contributed by atoms with Gasteiger partial charge in [0.1, 0.15) is 23.9 Å². The normalized spacial score (nSPS) is 8.55. The zero-order valence-corrected chi connectivity index (χ0v) is 10.9. The van der Waals surface area contributed by atoms with Crippen LogP contribution < -0.4 is 5.32 Å². The Kier molecular flexibility index (Phi) is 4.86. The number of allylic oxidation sites excluding steroid dienone is 2. The Hall–Kier alpha value is -3.30. The SMILES string of the molecule is COC(=O)c1cccc(C)c1NC(C#N)=C(C#N)C#N. The van der Waals surface area contributed by atoms with Crippen molar-refractivity contribution in [3.05, 3.63) is 40.6 Å². The zero-order chi connectivity index (χ0) is 15.1. The van der Waals surface area contributed by atoms with Crippen LogP contribution in [0.15, 0.2) is 29.5 Å². The van der Waals surface area contributed by atoms with Crippen LogP contribution >= 0.6 is 0 Å². The first kappa shape index (κ1) is 14.8. The molecular formula is C14H10N4O2. The van der Waals surface area contributed by atoms with E-state index in [0.29, 0.717) is 11.3 Å². The van der Waals surface area contributed by atoms with Crippen molar-refractivity contribution in [3.63, 3.8) is 0 Å². The lowest BCUT2D eigenvalue weighted by atomic mass is 10.1. The third kappa shape index (κ3) is 2.93. The molecule has 0 spiro atoms. The van der Waals surface area contributed by atoms with Gasteiger partial charge in [-0.25, -0.2) is 4.79 Å². The highest BCUT2D eigenvalue weighted by molar-refractivity contribution is 5.97. The fraction of sp³-hybridized carbons (Fsp3) is 0.143. The lowest BCUT2D eigenvalue weighted by Gasteiger charge is -2.12. The van der Waals surface area contributed by atoms with E-state index in [2.05, 4.69) is 10.1 Å². The van der Waals surface area contributed by atoms with Crippen molar-refractivity contribution < 1.29 is 9.53 Å². The number of aryl methyl sites for hydroxylation is 1. The minimum atomic E-state index is -0.580. The number of nitrogens with zero attached hydrogens (tertiary/aromatic N) is 3. The van der Waals surface area contributed by atoms with Crippen LogP contribution in [0.3, 0.4) is 0 Å². The maximum atomic E-state index is 11.7. The highest BCUT2D eigenvalue weighted by Gasteiger charge is 2.16. The number of para-hydroxylation sites is 1. The summed E-state index contributed by atoms with van der Waals surface area (Å²) in [6, 6.07) is 9.89. The van der Waals surface area contributed by atoms with E-state index in [4.69, 9.17) is 15.8 Å². The number of anilines is 1. The minimum Gasteiger partial charge on any atom is -0.465 e. The lowest BCUT2D eigenvalue weighted by molar-refractivity contribution is 0.0602. The van der Waals surface area contributed by atoms with E-state index in [1.165, 1.54) is 13.2 Å². The van der Waals surface area contributed by atoms with E-state index in [-0.39, 0.29) is 16.8 Å². The molecule has 0 aliphatic rings. The Morgan fingerprint density at radius 3 is 2.35 bits per heavy atom. The topological polar surface area (TPSA) is 110 Å². The average Bonchev–Trinajstić information content (AvgIpc) is 2.47. The van der Waals surface area contributed by atoms with E-state index in [9.17, 15) is 4.79 Å². The molecule has 0 saturated carbocycles. The number of nitriles is 3. The fourth-order valence-electron chi connectivity index (χ4n) is 1.52. The van der Waals surface area contributed by atoms with Crippen molar-refractivity contribution in [1.29, 1.82) is 15.8 Å². The van der Waals surface area contributed by atoms with Gasteiger partial charge in [-0.1, -0.05) is 12.1 Å². The van der Waals surface area contributed by atoms with Crippen LogP contribution in [0.1, 0.15) is 15.9 Å². The Morgan fingerprint density at radius 1 is 1.20 bits per heavy atom. The van der Waals surface area contributed by atoms with Gasteiger partial charge in [-0.05, 0) is 18.6 Å². The molecule has 0 aliphatic heterocycles. The Bertz CT molecular complexity index is 683. The molecular weight excluding hydrogens is 256 g/mol. The summed E-state index contributed by atoms with van der Waals surface area (Å²) < 4.78 is 4.65. The Balaban J connectivity index is 3.40. The van der Waals surface area contributed by atoms with Gasteiger partial charge in [0.2, 0.25) is 0 Å². The molecule has 6 heteroatoms. The molecule has 0 radical (unpaired) electrons. The third-order valence-electron chi connectivity index (χ3n) is 2.51. The van der Waals surface area contributed by atoms with E-state index in [1.54, 1.807) is 37.3 Å². The summed E-state index contributed by atoms with van der Waals surface area (Å²) in [5.74, 6) is -0.580. The van der Waals surface area contributed by atoms with Crippen LogP contribution in [0, 0.1) is 40.9 Å². The number of methoxy groups -OCH3 is 1. The molecule has 1 aromatic rings. The molecule has 0 fully saturated rings. The summed E-state index contributed by atoms with van der Waals surface area (Å²) in [6.07, 6.45) is 0. The maximum Gasteiger partial charge on any atom is 0.339 e. The summed E-state index contributed by atoms with van der Waals surface area (Å²) >= 11 is 0. The first-order chi connectivity index (χ1) is 9.58. The van der Waals surface area contributed by atoms with Crippen molar-refractivity contribution in [1.82, 2.24) is 0 Å². The molecule has 0 heterocycles. The number of rotatable bonds is 3. The van der Waals surface area contributed by atoms with Gasteiger partial charge in [-0.3, -0.25) is 0 Å². The Morgan fingerprint density at radius 2 is 1.85 bits per heavy atom. The van der Waals surface area contributed by atoms with Crippen molar-refractivity contribution in [2.75, 3.05) is 12.4 Å². The molecule has 0 aliphatic carbocycles. The number of hydrogen-bond acceptors (Lipinski definition) is 6. The van der Waals surface area contributed by atoms with E-state index in [1.807, 2.05) is 0 Å². The number of carbonyl (C=O) groups is 1. The van der Waals surface area contributed by atoms with Crippen LogP contribution in [0.5, 0.6) is 0 Å². The van der Waals surface area contributed by atoms with Gasteiger partial charge in [-0.15, -0.1) is 0 Å². The Labute approximate surface area is 116 Å². The molecule has 0 amide bonds. The molecule has 0 atom stereocenters. The molecule has 0 aromatic heterocycles. The van der Waals surface area contributed by atoms with E-state index < -0.39 is 5.97 Å². The maximum absolute atomic E-state index is 11.7. The molecule has 0 unspecified atom stereocenters. The third-order valence-corrected chi connectivity index (χ3v) is 2.51. The second-order valence-corrected chi connectivity index (χ2v) is 3.70. The van der Waals surface area contributed by atoms with Gasteiger partial charge < -0.3 is 10.1 Å². The standard InChI is InChI=1S/C14H10N4O2/c1-9-4-3-5-11(14(19)20-2)13(9)18-12(8-17)10(6-15)7-16/h3-5,18H,1-2H3. The first-order valence-electron chi connectivity index (χ1n) is 5.48. The molecule has 1 aromatic carbocycles. The average molecular weight is 266 g/mol. The fourth-order valence-corrected chi connectivity index (χ4v) is 1.52. The molecule has 20 heavy (non-hydrogen) atoms. The zero-order valence-electron chi connectivity index (χ0n) is 10.9. The van der Waals surface area contributed by atoms with Crippen molar-refractivity contribution in [2.24, 2.45) is 0 Å². The number of nitrogens with one attached hydrogen (secondary N) is 1. The van der Waals surface area contributed by atoms with Crippen molar-refractivity contribution in [3.8, 4) is 18.2 Å². The summed E-state index contributed by atoms with van der Waals surface area (Å²) in [4.78, 5) is 11.7. The number of carbonyl (C=O) groups excluding carboxylic acids is 1. The number of hydrogen-bond donors (Lipinski definition) is 1. The van der Waals surface area contributed by atoms with Crippen LogP contribution in [0.2, 0.25) is 0 Å². The summed E-state index contributed by atoms with van der Waals surface area (Å²) in [7, 11) is 1.24. The smallest absolute Gasteiger partial charge is 0.339 e.